The van der Waals surface area contributed by atoms with E-state index in [1.54, 1.807) is 6.26 Å². The summed E-state index contributed by atoms with van der Waals surface area (Å²) >= 11 is 1.33. The molecule has 1 aromatic heterocycles. The molecule has 0 aliphatic carbocycles. The molecule has 0 aliphatic rings. The van der Waals surface area contributed by atoms with Gasteiger partial charge in [-0.05, 0) is 24.5 Å². The number of rotatable bonds is 3. The molecule has 0 spiro atoms. The SMILES string of the molecule is CSc1cc(Oc2ccc(N)cc2C(F)(F)F)ncn1. The number of ether oxygens (including phenoxy) is 1. The van der Waals surface area contributed by atoms with Crippen LogP contribution < -0.4 is 10.5 Å². The Morgan fingerprint density at radius 1 is 1.20 bits per heavy atom. The van der Waals surface area contributed by atoms with Crippen LogP contribution in [0.15, 0.2) is 35.6 Å². The van der Waals surface area contributed by atoms with Gasteiger partial charge in [0, 0.05) is 11.8 Å². The molecule has 4 nitrogen and oxygen atoms in total. The van der Waals surface area contributed by atoms with E-state index in [4.69, 9.17) is 10.5 Å². The van der Waals surface area contributed by atoms with E-state index in [2.05, 4.69) is 9.97 Å². The fraction of sp³-hybridized carbons (Fsp3) is 0.167. The van der Waals surface area contributed by atoms with Gasteiger partial charge in [0.2, 0.25) is 5.88 Å². The number of nitrogens with zero attached hydrogens (tertiary/aromatic N) is 2. The Morgan fingerprint density at radius 3 is 2.60 bits per heavy atom. The second-order valence-corrected chi connectivity index (χ2v) is 4.58. The number of benzene rings is 1. The molecule has 0 radical (unpaired) electrons. The van der Waals surface area contributed by atoms with Crippen LogP contribution in [0.25, 0.3) is 0 Å². The molecule has 0 aliphatic heterocycles. The molecule has 1 aromatic carbocycles. The summed E-state index contributed by atoms with van der Waals surface area (Å²) in [4.78, 5) is 7.70. The summed E-state index contributed by atoms with van der Waals surface area (Å²) in [5, 5.41) is 0.596. The molecule has 8 heteroatoms. The highest BCUT2D eigenvalue weighted by Crippen LogP contribution is 2.39. The lowest BCUT2D eigenvalue weighted by Crippen LogP contribution is -2.08. The fourth-order valence-corrected chi connectivity index (χ4v) is 1.83. The van der Waals surface area contributed by atoms with Gasteiger partial charge in [-0.15, -0.1) is 11.8 Å². The highest BCUT2D eigenvalue weighted by atomic mass is 32.2. The minimum atomic E-state index is -4.56. The van der Waals surface area contributed by atoms with Crippen molar-refractivity contribution in [3.05, 3.63) is 36.2 Å². The van der Waals surface area contributed by atoms with Gasteiger partial charge in [-0.25, -0.2) is 9.97 Å². The summed E-state index contributed by atoms with van der Waals surface area (Å²) in [6.45, 7) is 0. The molecule has 0 amide bonds. The number of hydrogen-bond acceptors (Lipinski definition) is 5. The van der Waals surface area contributed by atoms with Crippen LogP contribution in [0.4, 0.5) is 18.9 Å². The zero-order chi connectivity index (χ0) is 14.8. The van der Waals surface area contributed by atoms with Crippen LogP contribution in [0.2, 0.25) is 0 Å². The van der Waals surface area contributed by atoms with E-state index < -0.39 is 11.7 Å². The van der Waals surface area contributed by atoms with Crippen molar-refractivity contribution in [2.45, 2.75) is 11.2 Å². The molecule has 0 unspecified atom stereocenters. The topological polar surface area (TPSA) is 61.0 Å². The Morgan fingerprint density at radius 2 is 1.95 bits per heavy atom. The molecule has 2 N–H and O–H groups in total. The number of alkyl halides is 3. The normalized spacial score (nSPS) is 11.4. The molecule has 20 heavy (non-hydrogen) atoms. The van der Waals surface area contributed by atoms with E-state index in [0.717, 1.165) is 6.07 Å². The minimum absolute atomic E-state index is 0.0113. The van der Waals surface area contributed by atoms with Crippen LogP contribution in [0, 0.1) is 0 Å². The van der Waals surface area contributed by atoms with Crippen molar-refractivity contribution in [2.75, 3.05) is 12.0 Å². The van der Waals surface area contributed by atoms with Crippen molar-refractivity contribution < 1.29 is 17.9 Å². The van der Waals surface area contributed by atoms with Gasteiger partial charge in [0.25, 0.3) is 0 Å². The summed E-state index contributed by atoms with van der Waals surface area (Å²) in [7, 11) is 0. The quantitative estimate of drug-likeness (QED) is 0.533. The summed E-state index contributed by atoms with van der Waals surface area (Å²) in [6, 6.07) is 4.79. The van der Waals surface area contributed by atoms with Crippen LogP contribution in [-0.2, 0) is 6.18 Å². The van der Waals surface area contributed by atoms with E-state index in [1.165, 1.54) is 36.3 Å². The van der Waals surface area contributed by atoms with Crippen molar-refractivity contribution in [3.63, 3.8) is 0 Å². The number of halogens is 3. The lowest BCUT2D eigenvalue weighted by molar-refractivity contribution is -0.138. The molecule has 2 aromatic rings. The number of nitrogen functional groups attached to an aromatic ring is 1. The second-order valence-electron chi connectivity index (χ2n) is 3.75. The Bertz CT molecular complexity index is 619. The maximum Gasteiger partial charge on any atom is 0.420 e. The second kappa shape index (κ2) is 5.58. The van der Waals surface area contributed by atoms with Crippen LogP contribution >= 0.6 is 11.8 Å². The summed E-state index contributed by atoms with van der Waals surface area (Å²) < 4.78 is 43.9. The number of nitrogens with two attached hydrogens (primary N) is 1. The van der Waals surface area contributed by atoms with Gasteiger partial charge in [-0.1, -0.05) is 0 Å². The number of aromatic nitrogens is 2. The van der Waals surface area contributed by atoms with E-state index in [-0.39, 0.29) is 17.3 Å². The van der Waals surface area contributed by atoms with Gasteiger partial charge in [0.1, 0.15) is 22.7 Å². The third-order valence-corrected chi connectivity index (χ3v) is 2.99. The number of hydrogen-bond donors (Lipinski definition) is 1. The number of thioether (sulfide) groups is 1. The van der Waals surface area contributed by atoms with Crippen molar-refractivity contribution >= 4 is 17.4 Å². The highest BCUT2D eigenvalue weighted by Gasteiger charge is 2.34. The molecular formula is C12H10F3N3OS. The molecule has 0 saturated carbocycles. The molecule has 0 saturated heterocycles. The van der Waals surface area contributed by atoms with Crippen LogP contribution in [-0.4, -0.2) is 16.2 Å². The van der Waals surface area contributed by atoms with E-state index in [0.29, 0.717) is 5.03 Å². The number of anilines is 1. The van der Waals surface area contributed by atoms with Gasteiger partial charge in [0.05, 0.1) is 0 Å². The monoisotopic (exact) mass is 301 g/mol. The molecule has 0 fully saturated rings. The Kier molecular flexibility index (Phi) is 4.03. The van der Waals surface area contributed by atoms with Gasteiger partial charge in [0.15, 0.2) is 0 Å². The Labute approximate surface area is 117 Å². The summed E-state index contributed by atoms with van der Waals surface area (Å²) in [5.41, 5.74) is 4.45. The fourth-order valence-electron chi connectivity index (χ4n) is 1.46. The molecule has 106 valence electrons. The van der Waals surface area contributed by atoms with E-state index in [9.17, 15) is 13.2 Å². The van der Waals surface area contributed by atoms with Gasteiger partial charge in [-0.3, -0.25) is 0 Å². The van der Waals surface area contributed by atoms with Crippen molar-refractivity contribution in [1.82, 2.24) is 9.97 Å². The molecule has 1 heterocycles. The zero-order valence-electron chi connectivity index (χ0n) is 10.3. The lowest BCUT2D eigenvalue weighted by atomic mass is 10.1. The summed E-state index contributed by atoms with van der Waals surface area (Å²) in [6.07, 6.45) is -1.54. The maximum atomic E-state index is 12.9. The van der Waals surface area contributed by atoms with Gasteiger partial charge in [-0.2, -0.15) is 13.2 Å². The third kappa shape index (κ3) is 3.32. The Balaban J connectivity index is 2.38. The standard InChI is InChI=1S/C12H10F3N3OS/c1-20-11-5-10(17-6-18-11)19-9-3-2-7(16)4-8(9)12(13,14)15/h2-6H,16H2,1H3. The first-order valence-corrected chi connectivity index (χ1v) is 6.63. The zero-order valence-corrected chi connectivity index (χ0v) is 11.1. The third-order valence-electron chi connectivity index (χ3n) is 2.35. The lowest BCUT2D eigenvalue weighted by Gasteiger charge is -2.13. The maximum absolute atomic E-state index is 12.9. The first-order valence-electron chi connectivity index (χ1n) is 5.41. The average Bonchev–Trinajstić information content (AvgIpc) is 2.40. The highest BCUT2D eigenvalue weighted by molar-refractivity contribution is 7.98. The largest absolute Gasteiger partial charge is 0.438 e. The van der Waals surface area contributed by atoms with Crippen molar-refractivity contribution in [1.29, 1.82) is 0 Å². The molecule has 0 bridgehead atoms. The predicted molar refractivity (Wildman–Crippen MR) is 69.7 cm³/mol. The molecule has 0 atom stereocenters. The molecular weight excluding hydrogens is 291 g/mol. The van der Waals surface area contributed by atoms with Crippen LogP contribution in [0.5, 0.6) is 11.6 Å². The van der Waals surface area contributed by atoms with Crippen LogP contribution in [0.3, 0.4) is 0 Å². The van der Waals surface area contributed by atoms with Crippen molar-refractivity contribution in [3.8, 4) is 11.6 Å². The van der Waals surface area contributed by atoms with Crippen molar-refractivity contribution in [2.24, 2.45) is 0 Å². The van der Waals surface area contributed by atoms with Crippen LogP contribution in [0.1, 0.15) is 5.56 Å². The molecule has 2 rings (SSSR count). The van der Waals surface area contributed by atoms with E-state index >= 15 is 0 Å². The predicted octanol–water partition coefficient (Wildman–Crippen LogP) is 3.59. The average molecular weight is 301 g/mol. The first kappa shape index (κ1) is 14.4. The smallest absolute Gasteiger partial charge is 0.420 e. The van der Waals surface area contributed by atoms with E-state index in [1.807, 2.05) is 0 Å². The minimum Gasteiger partial charge on any atom is -0.438 e. The Hall–Kier alpha value is -1.96. The van der Waals surface area contributed by atoms with Gasteiger partial charge >= 0.3 is 6.18 Å². The summed E-state index contributed by atoms with van der Waals surface area (Å²) in [5.74, 6) is -0.308. The van der Waals surface area contributed by atoms with Gasteiger partial charge < -0.3 is 10.5 Å². The first-order chi connectivity index (χ1) is 9.40.